The first kappa shape index (κ1) is 10.8. The summed E-state index contributed by atoms with van der Waals surface area (Å²) in [6.07, 6.45) is 0. The van der Waals surface area contributed by atoms with Crippen LogP contribution in [0.5, 0.6) is 0 Å². The lowest BCUT2D eigenvalue weighted by molar-refractivity contribution is 0.578. The molecule has 0 radical (unpaired) electrons. The molecule has 0 spiro atoms. The van der Waals surface area contributed by atoms with Gasteiger partial charge in [0, 0.05) is 26.2 Å². The van der Waals surface area contributed by atoms with Gasteiger partial charge in [0.15, 0.2) is 0 Å². The number of hydrogen-bond donors (Lipinski definition) is 4. The van der Waals surface area contributed by atoms with Crippen LogP contribution in [0.15, 0.2) is 0 Å². The molecule has 0 unspecified atom stereocenters. The molecule has 0 fully saturated rings. The summed E-state index contributed by atoms with van der Waals surface area (Å²) in [5, 5.41) is 7.56. The average Bonchev–Trinajstić information content (AvgIpc) is 1.85. The number of hydrogen-bond acceptors (Lipinski definition) is 4. The van der Waals surface area contributed by atoms with E-state index in [1.165, 1.54) is 0 Å². The van der Waals surface area contributed by atoms with Gasteiger partial charge in [0.2, 0.25) is 0 Å². The van der Waals surface area contributed by atoms with Crippen molar-refractivity contribution < 1.29 is 8.42 Å². The van der Waals surface area contributed by atoms with E-state index >= 15 is 0 Å². The van der Waals surface area contributed by atoms with Gasteiger partial charge in [-0.15, -0.1) is 0 Å². The highest BCUT2D eigenvalue weighted by atomic mass is 32.2. The fraction of sp³-hybridized carbons (Fsp3) is 1.00. The highest BCUT2D eigenvalue weighted by Gasteiger charge is 1.97. The molecule has 0 heterocycles. The van der Waals surface area contributed by atoms with E-state index in [0.29, 0.717) is 26.2 Å². The van der Waals surface area contributed by atoms with Crippen LogP contribution in [-0.2, 0) is 10.2 Å². The second-order valence-corrected chi connectivity index (χ2v) is 3.36. The fourth-order valence-corrected chi connectivity index (χ4v) is 0.895. The predicted molar refractivity (Wildman–Crippen MR) is 43.0 cm³/mol. The topological polar surface area (TPSA) is 110 Å². The third-order valence-corrected chi connectivity index (χ3v) is 1.53. The summed E-state index contributed by atoms with van der Waals surface area (Å²) in [5.74, 6) is 0. The smallest absolute Gasteiger partial charge is 0.274 e. The van der Waals surface area contributed by atoms with Gasteiger partial charge in [0.25, 0.3) is 10.2 Å². The summed E-state index contributed by atoms with van der Waals surface area (Å²) in [4.78, 5) is 0. The molecule has 0 aromatic heterocycles. The Morgan fingerprint density at radius 1 is 1.18 bits per heavy atom. The van der Waals surface area contributed by atoms with Crippen molar-refractivity contribution in [2.24, 2.45) is 10.9 Å². The molecule has 68 valence electrons. The van der Waals surface area contributed by atoms with Gasteiger partial charge in [-0.3, -0.25) is 0 Å². The molecule has 0 atom stereocenters. The van der Waals surface area contributed by atoms with Gasteiger partial charge in [0.1, 0.15) is 0 Å². The zero-order valence-corrected chi connectivity index (χ0v) is 7.02. The lowest BCUT2D eigenvalue weighted by atomic mass is 10.6. The molecular weight excluding hydrogens is 168 g/mol. The normalized spacial score (nSPS) is 11.8. The monoisotopic (exact) mass is 182 g/mol. The first-order valence-electron chi connectivity index (χ1n) is 3.24. The highest BCUT2D eigenvalue weighted by molar-refractivity contribution is 7.87. The van der Waals surface area contributed by atoms with Crippen molar-refractivity contribution in [3.63, 3.8) is 0 Å². The van der Waals surface area contributed by atoms with Crippen molar-refractivity contribution in [1.82, 2.24) is 10.0 Å². The molecule has 0 aliphatic rings. The maximum Gasteiger partial charge on any atom is 0.274 e. The maximum absolute atomic E-state index is 10.3. The van der Waals surface area contributed by atoms with Crippen LogP contribution in [0.1, 0.15) is 0 Å². The summed E-state index contributed by atoms with van der Waals surface area (Å²) in [6, 6.07) is 0. The minimum atomic E-state index is -3.53. The molecule has 11 heavy (non-hydrogen) atoms. The highest BCUT2D eigenvalue weighted by Crippen LogP contribution is 1.64. The number of nitrogens with two attached hydrogens (primary N) is 2. The Balaban J connectivity index is 3.16. The molecule has 7 heteroatoms. The van der Waals surface area contributed by atoms with Gasteiger partial charge in [0.05, 0.1) is 0 Å². The summed E-state index contributed by atoms with van der Waals surface area (Å²) >= 11 is 0. The molecule has 0 rings (SSSR count). The number of nitrogens with one attached hydrogen (secondary N) is 2. The summed E-state index contributed by atoms with van der Waals surface area (Å²) in [5.41, 5.74) is 5.17. The van der Waals surface area contributed by atoms with Crippen molar-refractivity contribution in [3.8, 4) is 0 Å². The zero-order valence-electron chi connectivity index (χ0n) is 6.21. The van der Waals surface area contributed by atoms with E-state index in [1.54, 1.807) is 0 Å². The molecule has 0 amide bonds. The Kier molecular flexibility index (Phi) is 5.34. The molecule has 6 N–H and O–H groups in total. The lowest BCUT2D eigenvalue weighted by Crippen LogP contribution is -2.37. The third-order valence-electron chi connectivity index (χ3n) is 0.926. The van der Waals surface area contributed by atoms with E-state index < -0.39 is 10.2 Å². The Labute approximate surface area is 66.5 Å². The van der Waals surface area contributed by atoms with E-state index in [-0.39, 0.29) is 0 Å². The summed E-state index contributed by atoms with van der Waals surface area (Å²) in [6.45, 7) is 2.04. The summed E-state index contributed by atoms with van der Waals surface area (Å²) < 4.78 is 22.7. The van der Waals surface area contributed by atoms with Crippen LogP contribution in [0, 0.1) is 0 Å². The van der Waals surface area contributed by atoms with E-state index in [9.17, 15) is 8.42 Å². The molecular formula is C4H14N4O2S. The molecule has 0 bridgehead atoms. The molecule has 0 saturated heterocycles. The van der Waals surface area contributed by atoms with Gasteiger partial charge in [-0.2, -0.15) is 8.42 Å². The molecule has 0 saturated carbocycles. The Morgan fingerprint density at radius 3 is 2.27 bits per heavy atom. The molecule has 0 aliphatic heterocycles. The molecule has 0 aromatic carbocycles. The van der Waals surface area contributed by atoms with Crippen LogP contribution in [0.2, 0.25) is 0 Å². The second kappa shape index (κ2) is 5.44. The van der Waals surface area contributed by atoms with Crippen molar-refractivity contribution in [1.29, 1.82) is 0 Å². The number of rotatable bonds is 6. The summed E-state index contributed by atoms with van der Waals surface area (Å²) in [7, 11) is -3.53. The van der Waals surface area contributed by atoms with Crippen LogP contribution >= 0.6 is 0 Å². The van der Waals surface area contributed by atoms with Gasteiger partial charge >= 0.3 is 0 Å². The maximum atomic E-state index is 10.3. The minimum absolute atomic E-state index is 0.291. The van der Waals surface area contributed by atoms with E-state index in [4.69, 9.17) is 5.73 Å². The van der Waals surface area contributed by atoms with Crippen LogP contribution in [-0.4, -0.2) is 34.6 Å². The lowest BCUT2D eigenvalue weighted by Gasteiger charge is -2.02. The van der Waals surface area contributed by atoms with Crippen molar-refractivity contribution in [3.05, 3.63) is 0 Å². The van der Waals surface area contributed by atoms with Gasteiger partial charge in [-0.25, -0.2) is 9.86 Å². The standard InChI is InChI=1S/C4H14N4O2S/c5-1-2-7-3-4-8-11(6,9)10/h7-8H,1-5H2,(H2,6,9,10). The van der Waals surface area contributed by atoms with Crippen molar-refractivity contribution in [2.75, 3.05) is 26.2 Å². The van der Waals surface area contributed by atoms with E-state index in [0.717, 1.165) is 0 Å². The van der Waals surface area contributed by atoms with E-state index in [2.05, 4.69) is 15.2 Å². The Morgan fingerprint density at radius 2 is 1.82 bits per heavy atom. The van der Waals surface area contributed by atoms with Crippen LogP contribution < -0.4 is 20.9 Å². The minimum Gasteiger partial charge on any atom is -0.329 e. The van der Waals surface area contributed by atoms with E-state index in [1.807, 2.05) is 0 Å². The van der Waals surface area contributed by atoms with Crippen LogP contribution in [0.25, 0.3) is 0 Å². The van der Waals surface area contributed by atoms with Gasteiger partial charge in [-0.1, -0.05) is 0 Å². The molecule has 0 aromatic rings. The Hall–Kier alpha value is -0.210. The SMILES string of the molecule is NCCNCCNS(N)(=O)=O. The predicted octanol–water partition coefficient (Wildman–Crippen LogP) is -2.67. The molecule has 0 aliphatic carbocycles. The van der Waals surface area contributed by atoms with Gasteiger partial charge < -0.3 is 11.1 Å². The fourth-order valence-electron chi connectivity index (χ4n) is 0.509. The quantitative estimate of drug-likeness (QED) is 0.336. The average molecular weight is 182 g/mol. The Bertz CT molecular complexity index is 179. The first-order valence-corrected chi connectivity index (χ1v) is 4.79. The van der Waals surface area contributed by atoms with Gasteiger partial charge in [-0.05, 0) is 0 Å². The molecule has 6 nitrogen and oxygen atoms in total. The van der Waals surface area contributed by atoms with Crippen LogP contribution in [0.3, 0.4) is 0 Å². The zero-order chi connectivity index (χ0) is 8.74. The first-order chi connectivity index (χ1) is 5.06. The largest absolute Gasteiger partial charge is 0.329 e. The van der Waals surface area contributed by atoms with Crippen molar-refractivity contribution in [2.45, 2.75) is 0 Å². The second-order valence-electron chi connectivity index (χ2n) is 1.98. The van der Waals surface area contributed by atoms with Crippen LogP contribution in [0.4, 0.5) is 0 Å². The van der Waals surface area contributed by atoms with Crippen molar-refractivity contribution >= 4 is 10.2 Å². The third kappa shape index (κ3) is 9.79.